The Kier molecular flexibility index (Phi) is 4.74. The molecule has 0 spiro atoms. The summed E-state index contributed by atoms with van der Waals surface area (Å²) in [4.78, 5) is 25.4. The SMILES string of the molecule is Cc1cccc([C@H](NC(=O)CN2CCCC2)C(=O)O)c1. The van der Waals surface area contributed by atoms with Crippen molar-refractivity contribution in [3.8, 4) is 0 Å². The summed E-state index contributed by atoms with van der Waals surface area (Å²) in [5, 5.41) is 11.9. The highest BCUT2D eigenvalue weighted by atomic mass is 16.4. The summed E-state index contributed by atoms with van der Waals surface area (Å²) in [5.41, 5.74) is 1.58. The van der Waals surface area contributed by atoms with Crippen LogP contribution >= 0.6 is 0 Å². The number of hydrogen-bond acceptors (Lipinski definition) is 3. The third-order valence-corrected chi connectivity index (χ3v) is 3.49. The molecule has 20 heavy (non-hydrogen) atoms. The van der Waals surface area contributed by atoms with E-state index in [1.54, 1.807) is 18.2 Å². The van der Waals surface area contributed by atoms with Crippen molar-refractivity contribution < 1.29 is 14.7 Å². The number of carboxylic acid groups (broad SMARTS) is 1. The van der Waals surface area contributed by atoms with Crippen molar-refractivity contribution in [3.05, 3.63) is 35.4 Å². The minimum atomic E-state index is -1.04. The highest BCUT2D eigenvalue weighted by molar-refractivity contribution is 5.85. The zero-order valence-electron chi connectivity index (χ0n) is 11.6. The van der Waals surface area contributed by atoms with Gasteiger partial charge in [0.2, 0.25) is 5.91 Å². The molecule has 0 saturated carbocycles. The fourth-order valence-electron chi connectivity index (χ4n) is 2.49. The first-order valence-corrected chi connectivity index (χ1v) is 6.87. The molecular weight excluding hydrogens is 256 g/mol. The third kappa shape index (κ3) is 3.81. The Morgan fingerprint density at radius 2 is 2.05 bits per heavy atom. The van der Waals surface area contributed by atoms with Crippen LogP contribution in [0.15, 0.2) is 24.3 Å². The van der Waals surface area contributed by atoms with Crippen molar-refractivity contribution in [2.24, 2.45) is 0 Å². The molecule has 5 heteroatoms. The lowest BCUT2D eigenvalue weighted by Gasteiger charge is -2.18. The molecule has 108 valence electrons. The van der Waals surface area contributed by atoms with Crippen LogP contribution in [0, 0.1) is 6.92 Å². The van der Waals surface area contributed by atoms with E-state index in [1.807, 2.05) is 17.9 Å². The van der Waals surface area contributed by atoms with E-state index in [1.165, 1.54) is 0 Å². The zero-order chi connectivity index (χ0) is 14.5. The van der Waals surface area contributed by atoms with Gasteiger partial charge in [0.15, 0.2) is 6.04 Å². The molecule has 1 saturated heterocycles. The van der Waals surface area contributed by atoms with E-state index < -0.39 is 12.0 Å². The van der Waals surface area contributed by atoms with Gasteiger partial charge in [-0.15, -0.1) is 0 Å². The van der Waals surface area contributed by atoms with Gasteiger partial charge in [-0.3, -0.25) is 9.69 Å². The van der Waals surface area contributed by atoms with Gasteiger partial charge >= 0.3 is 5.97 Å². The Morgan fingerprint density at radius 1 is 1.35 bits per heavy atom. The molecule has 1 aromatic carbocycles. The van der Waals surface area contributed by atoms with Crippen LogP contribution in [0.3, 0.4) is 0 Å². The predicted molar refractivity (Wildman–Crippen MR) is 75.4 cm³/mol. The molecule has 2 rings (SSSR count). The Hall–Kier alpha value is -1.88. The van der Waals surface area contributed by atoms with Gasteiger partial charge in [-0.1, -0.05) is 29.8 Å². The maximum absolute atomic E-state index is 12.0. The zero-order valence-corrected chi connectivity index (χ0v) is 11.6. The molecule has 0 aliphatic carbocycles. The van der Waals surface area contributed by atoms with E-state index in [0.717, 1.165) is 31.5 Å². The average molecular weight is 276 g/mol. The molecule has 2 N–H and O–H groups in total. The quantitative estimate of drug-likeness (QED) is 0.851. The first-order valence-electron chi connectivity index (χ1n) is 6.87. The highest BCUT2D eigenvalue weighted by Crippen LogP contribution is 2.15. The number of nitrogens with zero attached hydrogens (tertiary/aromatic N) is 1. The van der Waals surface area contributed by atoms with E-state index in [2.05, 4.69) is 5.32 Å². The first kappa shape index (κ1) is 14.5. The van der Waals surface area contributed by atoms with Crippen LogP contribution in [-0.2, 0) is 9.59 Å². The fraction of sp³-hybridized carbons (Fsp3) is 0.467. The van der Waals surface area contributed by atoms with Gasteiger partial charge in [0.25, 0.3) is 0 Å². The molecule has 1 aliphatic rings. The van der Waals surface area contributed by atoms with Crippen LogP contribution in [0.25, 0.3) is 0 Å². The van der Waals surface area contributed by atoms with Gasteiger partial charge in [0.05, 0.1) is 6.54 Å². The summed E-state index contributed by atoms with van der Waals surface area (Å²) in [5.74, 6) is -1.27. The maximum Gasteiger partial charge on any atom is 0.330 e. The van der Waals surface area contributed by atoms with Gasteiger partial charge in [0, 0.05) is 0 Å². The Labute approximate surface area is 118 Å². The summed E-state index contributed by atoms with van der Waals surface area (Å²) >= 11 is 0. The second kappa shape index (κ2) is 6.52. The average Bonchev–Trinajstić information content (AvgIpc) is 2.88. The number of likely N-dealkylation sites (tertiary alicyclic amines) is 1. The lowest BCUT2D eigenvalue weighted by Crippen LogP contribution is -2.40. The Morgan fingerprint density at radius 3 is 2.65 bits per heavy atom. The minimum Gasteiger partial charge on any atom is -0.479 e. The van der Waals surface area contributed by atoms with Crippen LogP contribution in [-0.4, -0.2) is 41.5 Å². The van der Waals surface area contributed by atoms with Crippen molar-refractivity contribution in [1.82, 2.24) is 10.2 Å². The summed E-state index contributed by atoms with van der Waals surface area (Å²) in [7, 11) is 0. The first-order chi connectivity index (χ1) is 9.56. The second-order valence-electron chi connectivity index (χ2n) is 5.24. The van der Waals surface area contributed by atoms with Gasteiger partial charge < -0.3 is 10.4 Å². The van der Waals surface area contributed by atoms with Crippen molar-refractivity contribution >= 4 is 11.9 Å². The Balaban J connectivity index is 2.02. The molecule has 1 fully saturated rings. The number of carboxylic acids is 1. The highest BCUT2D eigenvalue weighted by Gasteiger charge is 2.23. The number of benzene rings is 1. The van der Waals surface area contributed by atoms with Crippen molar-refractivity contribution in [2.75, 3.05) is 19.6 Å². The molecule has 1 atom stereocenters. The van der Waals surface area contributed by atoms with Crippen LogP contribution in [0.4, 0.5) is 0 Å². The van der Waals surface area contributed by atoms with Crippen molar-refractivity contribution in [3.63, 3.8) is 0 Å². The van der Waals surface area contributed by atoms with E-state index in [0.29, 0.717) is 5.56 Å². The number of rotatable bonds is 5. The van der Waals surface area contributed by atoms with Gasteiger partial charge in [-0.05, 0) is 38.4 Å². The van der Waals surface area contributed by atoms with E-state index in [9.17, 15) is 14.7 Å². The normalized spacial score (nSPS) is 16.9. The van der Waals surface area contributed by atoms with Crippen LogP contribution < -0.4 is 5.32 Å². The summed E-state index contributed by atoms with van der Waals surface area (Å²) < 4.78 is 0. The summed E-state index contributed by atoms with van der Waals surface area (Å²) in [6, 6.07) is 6.23. The number of aliphatic carboxylic acids is 1. The number of hydrogen-bond donors (Lipinski definition) is 2. The van der Waals surface area contributed by atoms with E-state index in [-0.39, 0.29) is 12.5 Å². The van der Waals surface area contributed by atoms with Gasteiger partial charge in [0.1, 0.15) is 0 Å². The van der Waals surface area contributed by atoms with Crippen LogP contribution in [0.2, 0.25) is 0 Å². The maximum atomic E-state index is 12.0. The summed E-state index contributed by atoms with van der Waals surface area (Å²) in [6.07, 6.45) is 2.21. The molecule has 1 amide bonds. The van der Waals surface area contributed by atoms with Gasteiger partial charge in [-0.25, -0.2) is 4.79 Å². The third-order valence-electron chi connectivity index (χ3n) is 3.49. The lowest BCUT2D eigenvalue weighted by molar-refractivity contribution is -0.142. The van der Waals surface area contributed by atoms with Gasteiger partial charge in [-0.2, -0.15) is 0 Å². The van der Waals surface area contributed by atoms with Crippen LogP contribution in [0.5, 0.6) is 0 Å². The molecule has 0 aromatic heterocycles. The lowest BCUT2D eigenvalue weighted by atomic mass is 10.0. The minimum absolute atomic E-state index is 0.235. The number of carbonyl (C=O) groups is 2. The predicted octanol–water partition coefficient (Wildman–Crippen LogP) is 1.33. The molecule has 1 aromatic rings. The number of aryl methyl sites for hydroxylation is 1. The van der Waals surface area contributed by atoms with Crippen molar-refractivity contribution in [2.45, 2.75) is 25.8 Å². The number of amides is 1. The molecular formula is C15H20N2O3. The topological polar surface area (TPSA) is 69.6 Å². The largest absolute Gasteiger partial charge is 0.479 e. The Bertz CT molecular complexity index is 496. The monoisotopic (exact) mass is 276 g/mol. The molecule has 0 radical (unpaired) electrons. The molecule has 1 aliphatic heterocycles. The smallest absolute Gasteiger partial charge is 0.330 e. The number of nitrogens with one attached hydrogen (secondary N) is 1. The number of carbonyl (C=O) groups excluding carboxylic acids is 1. The summed E-state index contributed by atoms with van der Waals surface area (Å²) in [6.45, 7) is 4.00. The fourth-order valence-corrected chi connectivity index (χ4v) is 2.49. The molecule has 5 nitrogen and oxygen atoms in total. The van der Waals surface area contributed by atoms with E-state index in [4.69, 9.17) is 0 Å². The molecule has 0 unspecified atom stereocenters. The van der Waals surface area contributed by atoms with Crippen molar-refractivity contribution in [1.29, 1.82) is 0 Å². The molecule has 1 heterocycles. The standard InChI is InChI=1S/C15H20N2O3/c1-11-5-4-6-12(9-11)14(15(19)20)16-13(18)10-17-7-2-3-8-17/h4-6,9,14H,2-3,7-8,10H2,1H3,(H,16,18)(H,19,20)/t14-/m0/s1. The van der Waals surface area contributed by atoms with E-state index >= 15 is 0 Å². The van der Waals surface area contributed by atoms with Crippen LogP contribution in [0.1, 0.15) is 30.0 Å². The molecule has 0 bridgehead atoms. The second-order valence-corrected chi connectivity index (χ2v) is 5.24.